The van der Waals surface area contributed by atoms with Crippen LogP contribution in [-0.4, -0.2) is 19.7 Å². The van der Waals surface area contributed by atoms with E-state index in [0.717, 1.165) is 23.2 Å². The van der Waals surface area contributed by atoms with Gasteiger partial charge in [-0.3, -0.25) is 4.68 Å². The molecular formula is C24H23ClFN5. The van der Waals surface area contributed by atoms with Crippen molar-refractivity contribution in [3.63, 3.8) is 0 Å². The van der Waals surface area contributed by atoms with Crippen molar-refractivity contribution in [1.82, 2.24) is 19.7 Å². The van der Waals surface area contributed by atoms with Gasteiger partial charge >= 0.3 is 0 Å². The average molecular weight is 436 g/mol. The van der Waals surface area contributed by atoms with E-state index in [-0.39, 0.29) is 11.1 Å². The van der Waals surface area contributed by atoms with E-state index in [9.17, 15) is 4.39 Å². The van der Waals surface area contributed by atoms with Crippen LogP contribution in [0.3, 0.4) is 0 Å². The number of aromatic nitrogens is 4. The van der Waals surface area contributed by atoms with Gasteiger partial charge in [-0.1, -0.05) is 35.9 Å². The average Bonchev–Trinajstić information content (AvgIpc) is 3.25. The van der Waals surface area contributed by atoms with Gasteiger partial charge in [0.25, 0.3) is 0 Å². The van der Waals surface area contributed by atoms with Crippen molar-refractivity contribution in [2.24, 2.45) is 0 Å². The summed E-state index contributed by atoms with van der Waals surface area (Å²) >= 11 is 5.81. The highest BCUT2D eigenvalue weighted by Gasteiger charge is 2.12. The quantitative estimate of drug-likeness (QED) is 0.386. The maximum Gasteiger partial charge on any atom is 0.142 e. The van der Waals surface area contributed by atoms with E-state index in [1.165, 1.54) is 12.1 Å². The third-order valence-corrected chi connectivity index (χ3v) is 5.40. The first-order valence-electron chi connectivity index (χ1n) is 10.1. The van der Waals surface area contributed by atoms with Crippen LogP contribution in [0.5, 0.6) is 0 Å². The van der Waals surface area contributed by atoms with E-state index in [1.807, 2.05) is 36.1 Å². The fourth-order valence-electron chi connectivity index (χ4n) is 3.42. The zero-order valence-corrected chi connectivity index (χ0v) is 18.4. The molecule has 0 aliphatic rings. The fraction of sp³-hybridized carbons (Fsp3) is 0.208. The smallest absolute Gasteiger partial charge is 0.142 e. The van der Waals surface area contributed by atoms with Crippen LogP contribution < -0.4 is 5.32 Å². The second kappa shape index (κ2) is 8.86. The summed E-state index contributed by atoms with van der Waals surface area (Å²) in [6.45, 7) is 6.80. The van der Waals surface area contributed by atoms with Crippen LogP contribution in [0.25, 0.3) is 22.4 Å². The van der Waals surface area contributed by atoms with Crippen molar-refractivity contribution < 1.29 is 4.39 Å². The molecule has 158 valence electrons. The number of rotatable bonds is 6. The summed E-state index contributed by atoms with van der Waals surface area (Å²) in [5.74, 6) is 0.805. The minimum Gasteiger partial charge on any atom is -0.363 e. The molecule has 4 rings (SSSR count). The number of aryl methyl sites for hydroxylation is 2. The molecule has 2 heterocycles. The van der Waals surface area contributed by atoms with Gasteiger partial charge in [0.15, 0.2) is 0 Å². The number of hydrogen-bond donors (Lipinski definition) is 1. The van der Waals surface area contributed by atoms with Crippen molar-refractivity contribution in [3.8, 4) is 22.4 Å². The summed E-state index contributed by atoms with van der Waals surface area (Å²) in [5, 5.41) is 7.89. The van der Waals surface area contributed by atoms with Crippen LogP contribution in [0.15, 0.2) is 60.9 Å². The summed E-state index contributed by atoms with van der Waals surface area (Å²) in [7, 11) is 0. The molecule has 0 saturated heterocycles. The third-order valence-electron chi connectivity index (χ3n) is 5.09. The summed E-state index contributed by atoms with van der Waals surface area (Å²) in [4.78, 5) is 8.95. The molecule has 0 spiro atoms. The minimum absolute atomic E-state index is 0.00488. The largest absolute Gasteiger partial charge is 0.363 e. The van der Waals surface area contributed by atoms with Gasteiger partial charge in [0.05, 0.1) is 16.9 Å². The topological polar surface area (TPSA) is 55.6 Å². The summed E-state index contributed by atoms with van der Waals surface area (Å²) in [6.07, 6.45) is 3.93. The number of nitrogens with one attached hydrogen (secondary N) is 1. The molecular weight excluding hydrogens is 413 g/mol. The second-order valence-corrected chi connectivity index (χ2v) is 7.80. The van der Waals surface area contributed by atoms with Crippen LogP contribution >= 0.6 is 11.6 Å². The van der Waals surface area contributed by atoms with Crippen molar-refractivity contribution in [2.45, 2.75) is 33.4 Å². The van der Waals surface area contributed by atoms with Gasteiger partial charge in [0.2, 0.25) is 0 Å². The lowest BCUT2D eigenvalue weighted by molar-refractivity contribution is 0.628. The van der Waals surface area contributed by atoms with E-state index < -0.39 is 5.82 Å². The first-order valence-corrected chi connectivity index (χ1v) is 10.5. The Labute approximate surface area is 185 Å². The molecule has 0 fully saturated rings. The summed E-state index contributed by atoms with van der Waals surface area (Å²) < 4.78 is 15.8. The Balaban J connectivity index is 1.58. The van der Waals surface area contributed by atoms with Crippen molar-refractivity contribution >= 4 is 17.4 Å². The predicted octanol–water partition coefficient (Wildman–Crippen LogP) is 6.30. The molecule has 1 atom stereocenters. The van der Waals surface area contributed by atoms with Gasteiger partial charge in [0.1, 0.15) is 17.5 Å². The van der Waals surface area contributed by atoms with Gasteiger partial charge in [-0.05, 0) is 50.1 Å². The lowest BCUT2D eigenvalue weighted by Crippen LogP contribution is -2.09. The maximum absolute atomic E-state index is 13.9. The van der Waals surface area contributed by atoms with Crippen molar-refractivity contribution in [3.05, 3.63) is 83.2 Å². The van der Waals surface area contributed by atoms with Crippen LogP contribution in [0, 0.1) is 12.7 Å². The highest BCUT2D eigenvalue weighted by molar-refractivity contribution is 6.30. The Bertz CT molecular complexity index is 1220. The molecule has 0 amide bonds. The second-order valence-electron chi connectivity index (χ2n) is 7.39. The molecule has 0 bridgehead atoms. The van der Waals surface area contributed by atoms with Crippen LogP contribution in [-0.2, 0) is 6.54 Å². The predicted molar refractivity (Wildman–Crippen MR) is 123 cm³/mol. The minimum atomic E-state index is -0.471. The zero-order chi connectivity index (χ0) is 22.0. The lowest BCUT2D eigenvalue weighted by Gasteiger charge is -2.17. The van der Waals surface area contributed by atoms with Gasteiger partial charge in [-0.15, -0.1) is 0 Å². The standard InChI is InChI=1S/C24H23ClFN5/c1-4-31-14-20(13-27-31)18-7-5-6-17(10-18)15(2)28-24-12-23(29-16(3)30-24)19-8-9-21(25)22(26)11-19/h5-15H,4H2,1-3H3,(H,28,29,30). The van der Waals surface area contributed by atoms with E-state index in [4.69, 9.17) is 11.6 Å². The molecule has 2 aromatic heterocycles. The van der Waals surface area contributed by atoms with Crippen LogP contribution in [0.2, 0.25) is 5.02 Å². The molecule has 2 aromatic carbocycles. The number of benzene rings is 2. The third kappa shape index (κ3) is 4.75. The van der Waals surface area contributed by atoms with Gasteiger partial charge < -0.3 is 5.32 Å². The molecule has 4 aromatic rings. The molecule has 7 heteroatoms. The number of hydrogen-bond acceptors (Lipinski definition) is 4. The van der Waals surface area contributed by atoms with Crippen LogP contribution in [0.4, 0.5) is 10.2 Å². The number of nitrogens with zero attached hydrogens (tertiary/aromatic N) is 4. The highest BCUT2D eigenvalue weighted by atomic mass is 35.5. The Morgan fingerprint density at radius 2 is 1.90 bits per heavy atom. The van der Waals surface area contributed by atoms with E-state index in [2.05, 4.69) is 52.4 Å². The fourth-order valence-corrected chi connectivity index (χ4v) is 3.54. The highest BCUT2D eigenvalue weighted by Crippen LogP contribution is 2.27. The molecule has 0 saturated carbocycles. The first-order chi connectivity index (χ1) is 14.9. The SMILES string of the molecule is CCn1cc(-c2cccc(C(C)Nc3cc(-c4ccc(Cl)c(F)c4)nc(C)n3)c2)cn1. The number of anilines is 1. The Morgan fingerprint density at radius 1 is 1.06 bits per heavy atom. The molecule has 0 radical (unpaired) electrons. The number of halogens is 2. The van der Waals surface area contributed by atoms with Gasteiger partial charge in [0, 0.05) is 36.0 Å². The Hall–Kier alpha value is -3.25. The van der Waals surface area contributed by atoms with Gasteiger partial charge in [-0.25, -0.2) is 14.4 Å². The molecule has 1 N–H and O–H groups in total. The van der Waals surface area contributed by atoms with Crippen LogP contribution in [0.1, 0.15) is 31.3 Å². The van der Waals surface area contributed by atoms with E-state index in [1.54, 1.807) is 6.07 Å². The molecule has 5 nitrogen and oxygen atoms in total. The zero-order valence-electron chi connectivity index (χ0n) is 17.6. The monoisotopic (exact) mass is 435 g/mol. The maximum atomic E-state index is 13.9. The molecule has 31 heavy (non-hydrogen) atoms. The normalized spacial score (nSPS) is 12.0. The summed E-state index contributed by atoms with van der Waals surface area (Å²) in [5.41, 5.74) is 4.61. The van der Waals surface area contributed by atoms with Crippen molar-refractivity contribution in [2.75, 3.05) is 5.32 Å². The van der Waals surface area contributed by atoms with Crippen molar-refractivity contribution in [1.29, 1.82) is 0 Å². The molecule has 1 unspecified atom stereocenters. The summed E-state index contributed by atoms with van der Waals surface area (Å²) in [6, 6.07) is 14.8. The molecule has 0 aliphatic carbocycles. The van der Waals surface area contributed by atoms with E-state index >= 15 is 0 Å². The molecule has 0 aliphatic heterocycles. The Kier molecular flexibility index (Phi) is 6.00. The lowest BCUT2D eigenvalue weighted by atomic mass is 10.0. The Morgan fingerprint density at radius 3 is 2.65 bits per heavy atom. The van der Waals surface area contributed by atoms with E-state index in [0.29, 0.717) is 22.9 Å². The first kappa shape index (κ1) is 21.0. The van der Waals surface area contributed by atoms with Gasteiger partial charge in [-0.2, -0.15) is 5.10 Å².